The second-order valence-electron chi connectivity index (χ2n) is 17.8. The number of benzene rings is 7. The van der Waals surface area contributed by atoms with Crippen LogP contribution in [0.25, 0.3) is 76.6 Å². The van der Waals surface area contributed by atoms with Crippen LogP contribution in [0.15, 0.2) is 152 Å². The summed E-state index contributed by atoms with van der Waals surface area (Å²) in [6.45, 7) is 9.53. The molecule has 0 amide bonds. The first-order valence-electron chi connectivity index (χ1n) is 20.5. The Kier molecular flexibility index (Phi) is 6.95. The lowest BCUT2D eigenvalue weighted by Crippen LogP contribution is -2.33. The van der Waals surface area contributed by atoms with Crippen molar-refractivity contribution in [2.45, 2.75) is 56.8 Å². The quantitative estimate of drug-likeness (QED) is 0.180. The van der Waals surface area contributed by atoms with Crippen LogP contribution in [0.4, 0.5) is 0 Å². The van der Waals surface area contributed by atoms with Gasteiger partial charge in [0.25, 0.3) is 0 Å². The van der Waals surface area contributed by atoms with Crippen molar-refractivity contribution in [3.05, 3.63) is 185 Å². The highest BCUT2D eigenvalue weighted by molar-refractivity contribution is 7.26. The minimum atomic E-state index is -0.451. The molecule has 0 fully saturated rings. The highest BCUT2D eigenvalue weighted by Gasteiger charge is 2.51. The average molecular weight is 764 g/mol. The number of hydrogen-bond donors (Lipinski definition) is 0. The van der Waals surface area contributed by atoms with Crippen molar-refractivity contribution in [1.82, 2.24) is 15.0 Å². The van der Waals surface area contributed by atoms with Gasteiger partial charge in [0.2, 0.25) is 0 Å². The molecule has 2 heterocycles. The molecule has 2 aromatic heterocycles. The van der Waals surface area contributed by atoms with Crippen LogP contribution in [0.3, 0.4) is 0 Å². The molecule has 1 spiro atoms. The number of nitrogens with zero attached hydrogens (tertiary/aromatic N) is 3. The van der Waals surface area contributed by atoms with Crippen molar-refractivity contribution in [2.75, 3.05) is 0 Å². The molecule has 3 aliphatic carbocycles. The minimum Gasteiger partial charge on any atom is -0.208 e. The first-order chi connectivity index (χ1) is 28.2. The van der Waals surface area contributed by atoms with Gasteiger partial charge >= 0.3 is 0 Å². The Balaban J connectivity index is 1.12. The topological polar surface area (TPSA) is 38.7 Å². The zero-order chi connectivity index (χ0) is 39.0. The summed E-state index contributed by atoms with van der Waals surface area (Å²) in [4.78, 5) is 16.2. The summed E-state index contributed by atoms with van der Waals surface area (Å²) in [5.41, 5.74) is 16.0. The van der Waals surface area contributed by atoms with Crippen LogP contribution in [0.2, 0.25) is 0 Å². The standard InChI is InChI=1S/C54H41N3S/c1-52(2)28-29-53(3,4)46-31-33(25-27-44(46)52)50-55-49(56-51(57-50)40-19-13-18-39-38-17-8-12-23-47(38)58-48(39)40)32-24-26-37-36-16-7-11-22-43(36)54(45(37)30-32)41-20-9-5-14-34(41)35-15-6-10-21-42(35)54/h5-27,30-31H,28-29H2,1-4H3. The molecule has 9 aromatic rings. The number of rotatable bonds is 3. The van der Waals surface area contributed by atoms with E-state index in [2.05, 4.69) is 179 Å². The van der Waals surface area contributed by atoms with Crippen molar-refractivity contribution in [3.8, 4) is 56.4 Å². The predicted octanol–water partition coefficient (Wildman–Crippen LogP) is 13.9. The summed E-state index contributed by atoms with van der Waals surface area (Å²) in [6, 6.07) is 56.0. The van der Waals surface area contributed by atoms with E-state index in [1.165, 1.54) is 82.2 Å². The molecule has 0 bridgehead atoms. The molecule has 0 radical (unpaired) electrons. The average Bonchev–Trinajstić information content (AvgIpc) is 3.89. The van der Waals surface area contributed by atoms with Gasteiger partial charge in [-0.15, -0.1) is 11.3 Å². The highest BCUT2D eigenvalue weighted by Crippen LogP contribution is 2.63. The smallest absolute Gasteiger partial charge is 0.165 e. The van der Waals surface area contributed by atoms with Crippen molar-refractivity contribution in [2.24, 2.45) is 0 Å². The molecular weight excluding hydrogens is 723 g/mol. The van der Waals surface area contributed by atoms with Gasteiger partial charge in [0, 0.05) is 36.9 Å². The van der Waals surface area contributed by atoms with Crippen molar-refractivity contribution in [3.63, 3.8) is 0 Å². The maximum absolute atomic E-state index is 5.42. The van der Waals surface area contributed by atoms with Crippen molar-refractivity contribution in [1.29, 1.82) is 0 Å². The Morgan fingerprint density at radius 2 is 0.879 bits per heavy atom. The van der Waals surface area contributed by atoms with Gasteiger partial charge in [-0.25, -0.2) is 15.0 Å². The van der Waals surface area contributed by atoms with Crippen LogP contribution < -0.4 is 0 Å². The molecule has 0 atom stereocenters. The molecule has 0 saturated heterocycles. The lowest BCUT2D eigenvalue weighted by Gasteiger charge is -2.42. The van der Waals surface area contributed by atoms with Gasteiger partial charge in [-0.2, -0.15) is 0 Å². The van der Waals surface area contributed by atoms with E-state index >= 15 is 0 Å². The van der Waals surface area contributed by atoms with Gasteiger partial charge < -0.3 is 0 Å². The summed E-state index contributed by atoms with van der Waals surface area (Å²) in [7, 11) is 0. The van der Waals surface area contributed by atoms with E-state index in [1.807, 2.05) is 11.3 Å². The highest BCUT2D eigenvalue weighted by atomic mass is 32.1. The fourth-order valence-corrected chi connectivity index (χ4v) is 11.9. The SMILES string of the molecule is CC1(C)CCC(C)(C)c2cc(-c3nc(-c4ccc5c(c4)C4(c6ccccc6-c6ccccc64)c4ccccc4-5)nc(-c4cccc5c4sc4ccccc45)n3)ccc21. The minimum absolute atomic E-state index is 0.0550. The number of fused-ring (bicyclic) bond motifs is 14. The van der Waals surface area contributed by atoms with Crippen LogP contribution in [0, 0.1) is 0 Å². The maximum Gasteiger partial charge on any atom is 0.165 e. The molecule has 3 aliphatic rings. The van der Waals surface area contributed by atoms with Gasteiger partial charge in [-0.3, -0.25) is 0 Å². The molecule has 278 valence electrons. The largest absolute Gasteiger partial charge is 0.208 e. The lowest BCUT2D eigenvalue weighted by molar-refractivity contribution is 0.332. The molecule has 0 N–H and O–H groups in total. The second-order valence-corrected chi connectivity index (χ2v) is 18.8. The van der Waals surface area contributed by atoms with Crippen LogP contribution in [-0.4, -0.2) is 15.0 Å². The molecule has 4 heteroatoms. The monoisotopic (exact) mass is 763 g/mol. The summed E-state index contributed by atoms with van der Waals surface area (Å²) < 4.78 is 2.46. The van der Waals surface area contributed by atoms with E-state index in [0.717, 1.165) is 23.1 Å². The normalized spacial score (nSPS) is 16.2. The van der Waals surface area contributed by atoms with Gasteiger partial charge in [0.05, 0.1) is 5.41 Å². The Morgan fingerprint density at radius 1 is 0.397 bits per heavy atom. The lowest BCUT2D eigenvalue weighted by atomic mass is 9.63. The summed E-state index contributed by atoms with van der Waals surface area (Å²) in [5.74, 6) is 2.09. The Morgan fingerprint density at radius 3 is 1.53 bits per heavy atom. The predicted molar refractivity (Wildman–Crippen MR) is 241 cm³/mol. The van der Waals surface area contributed by atoms with Gasteiger partial charge in [0.15, 0.2) is 17.5 Å². The van der Waals surface area contributed by atoms with E-state index in [4.69, 9.17) is 15.0 Å². The molecule has 0 aliphatic heterocycles. The summed E-state index contributed by atoms with van der Waals surface area (Å²) in [5, 5.41) is 2.49. The number of aromatic nitrogens is 3. The molecule has 7 aromatic carbocycles. The van der Waals surface area contributed by atoms with Crippen LogP contribution in [0.5, 0.6) is 0 Å². The Labute approximate surface area is 343 Å². The van der Waals surface area contributed by atoms with Crippen molar-refractivity contribution < 1.29 is 0 Å². The van der Waals surface area contributed by atoms with Crippen LogP contribution >= 0.6 is 11.3 Å². The third-order valence-corrected chi connectivity index (χ3v) is 14.9. The zero-order valence-electron chi connectivity index (χ0n) is 33.1. The number of thiophene rings is 1. The van der Waals surface area contributed by atoms with E-state index in [9.17, 15) is 0 Å². The van der Waals surface area contributed by atoms with Gasteiger partial charge in [0.1, 0.15) is 0 Å². The van der Waals surface area contributed by atoms with Crippen molar-refractivity contribution >= 4 is 31.5 Å². The Hall–Kier alpha value is -6.23. The van der Waals surface area contributed by atoms with E-state index in [-0.39, 0.29) is 10.8 Å². The maximum atomic E-state index is 5.42. The molecule has 0 saturated carbocycles. The first-order valence-corrected chi connectivity index (χ1v) is 21.3. The van der Waals surface area contributed by atoms with Gasteiger partial charge in [-0.05, 0) is 104 Å². The fraction of sp³-hybridized carbons (Fsp3) is 0.167. The molecule has 0 unspecified atom stereocenters. The van der Waals surface area contributed by atoms with E-state index in [1.54, 1.807) is 0 Å². The zero-order valence-corrected chi connectivity index (χ0v) is 33.9. The molecular formula is C54H41N3S. The number of hydrogen-bond acceptors (Lipinski definition) is 4. The van der Waals surface area contributed by atoms with Crippen LogP contribution in [0.1, 0.15) is 73.9 Å². The molecule has 12 rings (SSSR count). The summed E-state index contributed by atoms with van der Waals surface area (Å²) >= 11 is 1.81. The van der Waals surface area contributed by atoms with E-state index in [0.29, 0.717) is 17.5 Å². The fourth-order valence-electron chi connectivity index (χ4n) is 10.6. The third-order valence-electron chi connectivity index (χ3n) is 13.6. The molecule has 3 nitrogen and oxygen atoms in total. The first kappa shape index (κ1) is 33.9. The van der Waals surface area contributed by atoms with Crippen LogP contribution in [-0.2, 0) is 16.2 Å². The Bertz CT molecular complexity index is 3140. The molecule has 58 heavy (non-hydrogen) atoms. The third kappa shape index (κ3) is 4.58. The summed E-state index contributed by atoms with van der Waals surface area (Å²) in [6.07, 6.45) is 2.31. The van der Waals surface area contributed by atoms with E-state index < -0.39 is 5.41 Å². The van der Waals surface area contributed by atoms with Gasteiger partial charge in [-0.1, -0.05) is 155 Å². The second kappa shape index (κ2) is 11.9.